The van der Waals surface area contributed by atoms with Gasteiger partial charge in [0.2, 0.25) is 0 Å². The van der Waals surface area contributed by atoms with Gasteiger partial charge in [-0.05, 0) is 73.6 Å². The fourth-order valence-corrected chi connectivity index (χ4v) is 4.68. The first kappa shape index (κ1) is 25.3. The third-order valence-corrected chi connectivity index (χ3v) is 6.62. The number of aromatic amines is 1. The second-order valence-corrected chi connectivity index (χ2v) is 8.70. The normalized spacial score (nSPS) is 14.3. The molecule has 1 aromatic carbocycles. The molecule has 3 N–H and O–H groups in total. The Morgan fingerprint density at radius 2 is 1.92 bits per heavy atom. The van der Waals surface area contributed by atoms with E-state index in [1.165, 1.54) is 18.4 Å². The Morgan fingerprint density at radius 3 is 2.61 bits per heavy atom. The maximum Gasteiger partial charge on any atom is 0.259 e. The number of aliphatic hydroxyl groups is 1. The summed E-state index contributed by atoms with van der Waals surface area (Å²) in [7, 11) is 1.00. The van der Waals surface area contributed by atoms with Gasteiger partial charge in [0.05, 0.1) is 23.8 Å². The van der Waals surface area contributed by atoms with Crippen LogP contribution in [0.4, 0.5) is 11.5 Å². The number of likely N-dealkylation sites (tertiary alicyclic amines) is 1. The number of pyridine rings is 2. The number of carbonyl (C=O) groups excluding carboxylic acids is 1. The van der Waals surface area contributed by atoms with Crippen LogP contribution in [0.2, 0.25) is 0 Å². The van der Waals surface area contributed by atoms with E-state index in [1.807, 2.05) is 12.1 Å². The highest BCUT2D eigenvalue weighted by Crippen LogP contribution is 2.31. The molecule has 9 heteroatoms. The van der Waals surface area contributed by atoms with E-state index in [2.05, 4.69) is 51.5 Å². The van der Waals surface area contributed by atoms with Crippen molar-refractivity contribution in [2.45, 2.75) is 32.2 Å². The zero-order valence-corrected chi connectivity index (χ0v) is 20.6. The summed E-state index contributed by atoms with van der Waals surface area (Å²) in [4.78, 5) is 33.5. The number of aromatic nitrogens is 4. The fourth-order valence-electron chi connectivity index (χ4n) is 4.68. The molecule has 36 heavy (non-hydrogen) atoms. The first-order valence-electron chi connectivity index (χ1n) is 12.2. The molecule has 4 heterocycles. The minimum atomic E-state index is -0.199. The van der Waals surface area contributed by atoms with Crippen molar-refractivity contribution in [2.24, 2.45) is 0 Å². The molecular weight excluding hydrogens is 456 g/mol. The molecule has 0 atom stereocenters. The number of benzene rings is 1. The maximum absolute atomic E-state index is 12.6. The summed E-state index contributed by atoms with van der Waals surface area (Å²) >= 11 is 0. The minimum absolute atomic E-state index is 0.183. The summed E-state index contributed by atoms with van der Waals surface area (Å²) in [6.45, 7) is 5.82. The second-order valence-electron chi connectivity index (χ2n) is 8.70. The van der Waals surface area contributed by atoms with Gasteiger partial charge in [-0.1, -0.05) is 19.1 Å². The molecular formula is C27H32N6O3. The Balaban J connectivity index is 0.00000148. The van der Waals surface area contributed by atoms with Crippen molar-refractivity contribution in [3.8, 4) is 11.3 Å². The third-order valence-electron chi connectivity index (χ3n) is 6.62. The topological polar surface area (TPSA) is 116 Å². The van der Waals surface area contributed by atoms with Crippen LogP contribution in [0, 0.1) is 0 Å². The zero-order chi connectivity index (χ0) is 25.5. The molecule has 0 spiro atoms. The van der Waals surface area contributed by atoms with Crippen molar-refractivity contribution in [1.29, 1.82) is 0 Å². The van der Waals surface area contributed by atoms with Crippen molar-refractivity contribution < 1.29 is 9.90 Å². The Morgan fingerprint density at radius 1 is 1.17 bits per heavy atom. The molecule has 0 unspecified atom stereocenters. The van der Waals surface area contributed by atoms with Crippen molar-refractivity contribution in [2.75, 3.05) is 32.1 Å². The first-order chi connectivity index (χ1) is 17.6. The number of fused-ring (bicyclic) bond motifs is 1. The van der Waals surface area contributed by atoms with Gasteiger partial charge in [-0.15, -0.1) is 0 Å². The second kappa shape index (κ2) is 11.7. The van der Waals surface area contributed by atoms with Gasteiger partial charge in [-0.25, -0.2) is 4.98 Å². The number of anilines is 2. The average Bonchev–Trinajstić information content (AvgIpc) is 3.39. The first-order valence-corrected chi connectivity index (χ1v) is 12.2. The van der Waals surface area contributed by atoms with E-state index in [9.17, 15) is 9.59 Å². The standard InChI is InChI=1S/C26H28N6O2.CH4O/c1-2-31-11-8-19(9-12-31)18-3-5-22(6-4-18)29-25-24-20(7-10-27-26(24)34)15-23(30-25)21-16-28-32(17-21)13-14-33;1-2/h3-7,10,14-17,19H,2,8-9,11-13H2,1H3,(H,27,34)(H,29,30);2H,1H3. The number of piperidine rings is 1. The van der Waals surface area contributed by atoms with Gasteiger partial charge in [0.25, 0.3) is 5.56 Å². The smallest absolute Gasteiger partial charge is 0.259 e. The highest BCUT2D eigenvalue weighted by Gasteiger charge is 2.19. The molecule has 4 aromatic rings. The molecule has 0 radical (unpaired) electrons. The van der Waals surface area contributed by atoms with Gasteiger partial charge < -0.3 is 25.1 Å². The van der Waals surface area contributed by atoms with Crippen LogP contribution in [-0.4, -0.2) is 62.8 Å². The summed E-state index contributed by atoms with van der Waals surface area (Å²) in [5.41, 5.74) is 3.49. The highest BCUT2D eigenvalue weighted by atomic mass is 16.2. The Bertz CT molecular complexity index is 1350. The summed E-state index contributed by atoms with van der Waals surface area (Å²) < 4.78 is 1.56. The number of carbonyl (C=O) groups is 1. The molecule has 1 aliphatic heterocycles. The number of aldehydes is 1. The van der Waals surface area contributed by atoms with Crippen LogP contribution >= 0.6 is 0 Å². The molecule has 188 valence electrons. The summed E-state index contributed by atoms with van der Waals surface area (Å²) in [5.74, 6) is 1.08. The quantitative estimate of drug-likeness (QED) is 0.341. The lowest BCUT2D eigenvalue weighted by atomic mass is 9.89. The molecule has 0 saturated carbocycles. The zero-order valence-electron chi connectivity index (χ0n) is 20.6. The number of nitrogens with zero attached hydrogens (tertiary/aromatic N) is 4. The van der Waals surface area contributed by atoms with Crippen molar-refractivity contribution in [3.05, 3.63) is 70.9 Å². The lowest BCUT2D eigenvalue weighted by molar-refractivity contribution is -0.108. The molecule has 5 rings (SSSR count). The van der Waals surface area contributed by atoms with Crippen molar-refractivity contribution in [1.82, 2.24) is 24.6 Å². The van der Waals surface area contributed by atoms with Crippen molar-refractivity contribution in [3.63, 3.8) is 0 Å². The van der Waals surface area contributed by atoms with E-state index in [4.69, 9.17) is 10.1 Å². The minimum Gasteiger partial charge on any atom is -0.400 e. The predicted octanol–water partition coefficient (Wildman–Crippen LogP) is 3.54. The van der Waals surface area contributed by atoms with Gasteiger partial charge in [0.1, 0.15) is 12.1 Å². The summed E-state index contributed by atoms with van der Waals surface area (Å²) in [6, 6.07) is 12.2. The van der Waals surface area contributed by atoms with Gasteiger partial charge in [-0.3, -0.25) is 9.48 Å². The van der Waals surface area contributed by atoms with E-state index in [0.717, 1.165) is 49.7 Å². The number of hydrogen-bond acceptors (Lipinski definition) is 7. The van der Waals surface area contributed by atoms with Crippen LogP contribution in [0.1, 0.15) is 31.2 Å². The summed E-state index contributed by atoms with van der Waals surface area (Å²) in [5, 5.41) is 15.8. The van der Waals surface area contributed by atoms with Crippen LogP contribution < -0.4 is 10.9 Å². The molecule has 1 fully saturated rings. The molecule has 3 aromatic heterocycles. The van der Waals surface area contributed by atoms with Crippen LogP contribution in [0.15, 0.2) is 59.8 Å². The monoisotopic (exact) mass is 488 g/mol. The predicted molar refractivity (Wildman–Crippen MR) is 142 cm³/mol. The lowest BCUT2D eigenvalue weighted by Gasteiger charge is -2.31. The average molecular weight is 489 g/mol. The fraction of sp³-hybridized carbons (Fsp3) is 0.333. The largest absolute Gasteiger partial charge is 0.400 e. The van der Waals surface area contributed by atoms with E-state index < -0.39 is 0 Å². The maximum atomic E-state index is 12.6. The number of H-pyrrole nitrogens is 1. The van der Waals surface area contributed by atoms with E-state index in [1.54, 1.807) is 23.3 Å². The van der Waals surface area contributed by atoms with E-state index in [0.29, 0.717) is 22.8 Å². The Hall–Kier alpha value is -3.82. The third kappa shape index (κ3) is 5.53. The van der Waals surface area contributed by atoms with Gasteiger partial charge in [0, 0.05) is 30.8 Å². The van der Waals surface area contributed by atoms with Crippen LogP contribution in [0.25, 0.3) is 22.0 Å². The molecule has 9 nitrogen and oxygen atoms in total. The Kier molecular flexibility index (Phi) is 8.24. The Labute approximate surface area is 209 Å². The molecule has 0 amide bonds. The van der Waals surface area contributed by atoms with Crippen LogP contribution in [0.3, 0.4) is 0 Å². The van der Waals surface area contributed by atoms with Crippen molar-refractivity contribution >= 4 is 28.6 Å². The van der Waals surface area contributed by atoms with Gasteiger partial charge >= 0.3 is 0 Å². The van der Waals surface area contributed by atoms with Gasteiger partial charge in [-0.2, -0.15) is 5.10 Å². The lowest BCUT2D eigenvalue weighted by Crippen LogP contribution is -2.32. The molecule has 1 aliphatic rings. The van der Waals surface area contributed by atoms with Gasteiger partial charge in [0.15, 0.2) is 0 Å². The SMILES string of the molecule is CCN1CCC(c2ccc(Nc3nc(-c4cnn(CC=O)c4)cc4cc[nH]c(=O)c34)cc2)CC1.CO. The van der Waals surface area contributed by atoms with E-state index in [-0.39, 0.29) is 12.1 Å². The molecule has 0 aliphatic carbocycles. The van der Waals surface area contributed by atoms with Crippen LogP contribution in [-0.2, 0) is 11.3 Å². The van der Waals surface area contributed by atoms with E-state index >= 15 is 0 Å². The molecule has 0 bridgehead atoms. The number of nitrogens with one attached hydrogen (secondary N) is 2. The summed E-state index contributed by atoms with van der Waals surface area (Å²) in [6.07, 6.45) is 8.25. The highest BCUT2D eigenvalue weighted by molar-refractivity contribution is 5.95. The number of rotatable bonds is 7. The molecule has 1 saturated heterocycles. The number of aliphatic hydroxyl groups excluding tert-OH is 1. The van der Waals surface area contributed by atoms with Crippen LogP contribution in [0.5, 0.6) is 0 Å². The number of hydrogen-bond donors (Lipinski definition) is 3.